The first-order valence-corrected chi connectivity index (χ1v) is 8.22. The molecule has 1 saturated heterocycles. The molecular formula is C17H19ClN4O2. The molecule has 0 bridgehead atoms. The standard InChI is InChI=1S/C17H19ClN4O2/c1-12-11-24-8-7-22(12)16(23)15-14(18)10-20-17(21-15)19-9-13-5-3-2-4-6-13/h2-6,10,12H,7-9,11H2,1H3,(H,19,20,21). The first kappa shape index (κ1) is 16.7. The summed E-state index contributed by atoms with van der Waals surface area (Å²) in [5.41, 5.74) is 1.32. The second-order valence-electron chi connectivity index (χ2n) is 5.65. The van der Waals surface area contributed by atoms with Crippen LogP contribution in [0.4, 0.5) is 5.95 Å². The van der Waals surface area contributed by atoms with E-state index in [1.807, 2.05) is 37.3 Å². The van der Waals surface area contributed by atoms with Crippen molar-refractivity contribution in [3.63, 3.8) is 0 Å². The Balaban J connectivity index is 1.74. The van der Waals surface area contributed by atoms with Gasteiger partial charge in [0.15, 0.2) is 5.69 Å². The van der Waals surface area contributed by atoms with Gasteiger partial charge in [0.2, 0.25) is 5.95 Å². The number of ether oxygens (including phenoxy) is 1. The molecule has 24 heavy (non-hydrogen) atoms. The maximum atomic E-state index is 12.7. The van der Waals surface area contributed by atoms with Gasteiger partial charge in [-0.1, -0.05) is 41.9 Å². The molecule has 126 valence electrons. The fourth-order valence-corrected chi connectivity index (χ4v) is 2.72. The Hall–Kier alpha value is -2.18. The molecule has 7 heteroatoms. The summed E-state index contributed by atoms with van der Waals surface area (Å²) in [6.45, 7) is 4.10. The van der Waals surface area contributed by atoms with E-state index in [1.165, 1.54) is 6.20 Å². The highest BCUT2D eigenvalue weighted by atomic mass is 35.5. The summed E-state index contributed by atoms with van der Waals surface area (Å²) in [4.78, 5) is 22.9. The fraction of sp³-hybridized carbons (Fsp3) is 0.353. The number of aromatic nitrogens is 2. The molecule has 2 heterocycles. The van der Waals surface area contributed by atoms with Crippen LogP contribution in [0.5, 0.6) is 0 Å². The number of anilines is 1. The van der Waals surface area contributed by atoms with Gasteiger partial charge in [-0.3, -0.25) is 4.79 Å². The largest absolute Gasteiger partial charge is 0.377 e. The second-order valence-corrected chi connectivity index (χ2v) is 6.06. The van der Waals surface area contributed by atoms with E-state index in [9.17, 15) is 4.79 Å². The summed E-state index contributed by atoms with van der Waals surface area (Å²) >= 11 is 6.14. The van der Waals surface area contributed by atoms with Crippen molar-refractivity contribution in [1.29, 1.82) is 0 Å². The van der Waals surface area contributed by atoms with E-state index in [0.717, 1.165) is 5.56 Å². The van der Waals surface area contributed by atoms with Gasteiger partial charge in [0.1, 0.15) is 0 Å². The molecule has 1 aliphatic rings. The highest BCUT2D eigenvalue weighted by Gasteiger charge is 2.27. The third-order valence-corrected chi connectivity index (χ3v) is 4.15. The lowest BCUT2D eigenvalue weighted by atomic mass is 10.2. The van der Waals surface area contributed by atoms with Crippen molar-refractivity contribution in [3.8, 4) is 0 Å². The van der Waals surface area contributed by atoms with Crippen LogP contribution in [-0.2, 0) is 11.3 Å². The Morgan fingerprint density at radius 2 is 2.21 bits per heavy atom. The Labute approximate surface area is 145 Å². The number of morpholine rings is 1. The van der Waals surface area contributed by atoms with E-state index in [4.69, 9.17) is 16.3 Å². The summed E-state index contributed by atoms with van der Waals surface area (Å²) in [7, 11) is 0. The topological polar surface area (TPSA) is 67.3 Å². The van der Waals surface area contributed by atoms with Crippen molar-refractivity contribution >= 4 is 23.5 Å². The lowest BCUT2D eigenvalue weighted by Crippen LogP contribution is -2.47. The van der Waals surface area contributed by atoms with E-state index in [-0.39, 0.29) is 22.7 Å². The SMILES string of the molecule is CC1COCCN1C(=O)c1nc(NCc2ccccc2)ncc1Cl. The van der Waals surface area contributed by atoms with Crippen molar-refractivity contribution in [1.82, 2.24) is 14.9 Å². The van der Waals surface area contributed by atoms with Crippen LogP contribution < -0.4 is 5.32 Å². The molecule has 0 spiro atoms. The number of nitrogens with zero attached hydrogens (tertiary/aromatic N) is 3. The van der Waals surface area contributed by atoms with Gasteiger partial charge in [-0.25, -0.2) is 9.97 Å². The number of amides is 1. The quantitative estimate of drug-likeness (QED) is 0.921. The van der Waals surface area contributed by atoms with Gasteiger partial charge >= 0.3 is 0 Å². The van der Waals surface area contributed by atoms with Crippen molar-refractivity contribution in [2.75, 3.05) is 25.1 Å². The summed E-state index contributed by atoms with van der Waals surface area (Å²) in [6.07, 6.45) is 1.46. The number of hydrogen-bond donors (Lipinski definition) is 1. The van der Waals surface area contributed by atoms with Gasteiger partial charge in [-0.2, -0.15) is 0 Å². The average molecular weight is 347 g/mol. The predicted molar refractivity (Wildman–Crippen MR) is 92.1 cm³/mol. The number of halogens is 1. The van der Waals surface area contributed by atoms with Crippen LogP contribution in [0.1, 0.15) is 23.0 Å². The molecule has 1 aliphatic heterocycles. The lowest BCUT2D eigenvalue weighted by Gasteiger charge is -2.33. The van der Waals surface area contributed by atoms with Crippen LogP contribution in [0, 0.1) is 0 Å². The molecule has 0 radical (unpaired) electrons. The van der Waals surface area contributed by atoms with Gasteiger partial charge < -0.3 is 15.0 Å². The summed E-state index contributed by atoms with van der Waals surface area (Å²) < 4.78 is 5.37. The summed E-state index contributed by atoms with van der Waals surface area (Å²) in [5, 5.41) is 3.37. The van der Waals surface area contributed by atoms with Crippen molar-refractivity contribution in [2.24, 2.45) is 0 Å². The first-order valence-electron chi connectivity index (χ1n) is 7.84. The minimum absolute atomic E-state index is 0.00184. The highest BCUT2D eigenvalue weighted by molar-refractivity contribution is 6.33. The summed E-state index contributed by atoms with van der Waals surface area (Å²) in [5.74, 6) is 0.188. The van der Waals surface area contributed by atoms with Crippen LogP contribution in [0.2, 0.25) is 5.02 Å². The molecule has 0 aliphatic carbocycles. The molecule has 1 aromatic carbocycles. The Kier molecular flexibility index (Phi) is 5.27. The zero-order valence-corrected chi connectivity index (χ0v) is 14.2. The molecule has 1 atom stereocenters. The molecule has 1 fully saturated rings. The molecule has 1 amide bonds. The van der Waals surface area contributed by atoms with E-state index in [0.29, 0.717) is 32.3 Å². The molecule has 1 N–H and O–H groups in total. The minimum atomic E-state index is -0.194. The molecule has 0 saturated carbocycles. The van der Waals surface area contributed by atoms with E-state index in [1.54, 1.807) is 4.90 Å². The second kappa shape index (κ2) is 7.59. The number of rotatable bonds is 4. The Morgan fingerprint density at radius 3 is 2.96 bits per heavy atom. The number of nitrogens with one attached hydrogen (secondary N) is 1. The average Bonchev–Trinajstić information content (AvgIpc) is 2.62. The van der Waals surface area contributed by atoms with Gasteiger partial charge in [0.05, 0.1) is 30.5 Å². The van der Waals surface area contributed by atoms with Gasteiger partial charge in [-0.15, -0.1) is 0 Å². The summed E-state index contributed by atoms with van der Waals surface area (Å²) in [6, 6.07) is 9.90. The van der Waals surface area contributed by atoms with Gasteiger partial charge in [0, 0.05) is 13.1 Å². The van der Waals surface area contributed by atoms with Gasteiger partial charge in [0.25, 0.3) is 5.91 Å². The van der Waals surface area contributed by atoms with E-state index in [2.05, 4.69) is 15.3 Å². The molecule has 1 unspecified atom stereocenters. The van der Waals surface area contributed by atoms with Crippen LogP contribution >= 0.6 is 11.6 Å². The van der Waals surface area contributed by atoms with Crippen LogP contribution in [0.3, 0.4) is 0 Å². The van der Waals surface area contributed by atoms with Crippen molar-refractivity contribution < 1.29 is 9.53 Å². The predicted octanol–water partition coefficient (Wildman–Crippen LogP) is 2.60. The molecule has 1 aromatic heterocycles. The first-order chi connectivity index (χ1) is 11.6. The number of benzene rings is 1. The van der Waals surface area contributed by atoms with Crippen molar-refractivity contribution in [3.05, 3.63) is 52.8 Å². The van der Waals surface area contributed by atoms with Crippen LogP contribution in [0.25, 0.3) is 0 Å². The maximum Gasteiger partial charge on any atom is 0.274 e. The Bertz CT molecular complexity index is 711. The number of carbonyl (C=O) groups excluding carboxylic acids is 1. The monoisotopic (exact) mass is 346 g/mol. The molecular weight excluding hydrogens is 328 g/mol. The normalized spacial score (nSPS) is 17.6. The van der Waals surface area contributed by atoms with Crippen LogP contribution in [0.15, 0.2) is 36.5 Å². The zero-order chi connectivity index (χ0) is 16.9. The smallest absolute Gasteiger partial charge is 0.274 e. The van der Waals surface area contributed by atoms with E-state index >= 15 is 0 Å². The number of hydrogen-bond acceptors (Lipinski definition) is 5. The van der Waals surface area contributed by atoms with Crippen LogP contribution in [-0.4, -0.2) is 46.6 Å². The third kappa shape index (κ3) is 3.83. The molecule has 6 nitrogen and oxygen atoms in total. The number of carbonyl (C=O) groups is 1. The third-order valence-electron chi connectivity index (χ3n) is 3.87. The fourth-order valence-electron chi connectivity index (χ4n) is 2.54. The zero-order valence-electron chi connectivity index (χ0n) is 13.4. The van der Waals surface area contributed by atoms with Crippen molar-refractivity contribution in [2.45, 2.75) is 19.5 Å². The highest BCUT2D eigenvalue weighted by Crippen LogP contribution is 2.19. The Morgan fingerprint density at radius 1 is 1.42 bits per heavy atom. The van der Waals surface area contributed by atoms with E-state index < -0.39 is 0 Å². The maximum absolute atomic E-state index is 12.7. The molecule has 2 aromatic rings. The lowest BCUT2D eigenvalue weighted by molar-refractivity contribution is 0.00328. The minimum Gasteiger partial charge on any atom is -0.377 e. The molecule has 3 rings (SSSR count). The van der Waals surface area contributed by atoms with Gasteiger partial charge in [-0.05, 0) is 12.5 Å².